The van der Waals surface area contributed by atoms with E-state index in [4.69, 9.17) is 4.98 Å². The van der Waals surface area contributed by atoms with Crippen LogP contribution in [0.1, 0.15) is 11.7 Å². The van der Waals surface area contributed by atoms with Gasteiger partial charge in [-0.2, -0.15) is 0 Å². The number of aromatic nitrogens is 1. The third-order valence-corrected chi connectivity index (χ3v) is 3.79. The van der Waals surface area contributed by atoms with Crippen molar-refractivity contribution in [1.82, 2.24) is 15.6 Å². The van der Waals surface area contributed by atoms with Gasteiger partial charge in [-0.3, -0.25) is 4.98 Å². The molecule has 0 saturated carbocycles. The summed E-state index contributed by atoms with van der Waals surface area (Å²) in [6.07, 6.45) is 0. The Bertz CT molecular complexity index is 535. The third kappa shape index (κ3) is 2.20. The molecule has 2 N–H and O–H groups in total. The molecule has 1 aliphatic rings. The Hall–Kier alpha value is -0.970. The van der Waals surface area contributed by atoms with Crippen LogP contribution in [0.2, 0.25) is 0 Å². The van der Waals surface area contributed by atoms with Crippen LogP contribution < -0.4 is 10.6 Å². The summed E-state index contributed by atoms with van der Waals surface area (Å²) in [5.74, 6) is 0. The Morgan fingerprint density at radius 2 is 2.12 bits per heavy atom. The number of piperazine rings is 1. The molecule has 1 saturated heterocycles. The number of rotatable bonds is 1. The number of halogens is 1. The maximum atomic E-state index is 4.73. The Morgan fingerprint density at radius 3 is 2.94 bits per heavy atom. The molecule has 1 unspecified atom stereocenters. The number of nitrogens with zero attached hydrogens (tertiary/aromatic N) is 1. The minimum Gasteiger partial charge on any atom is -0.314 e. The van der Waals surface area contributed by atoms with E-state index < -0.39 is 0 Å². The number of nitrogens with one attached hydrogen (secondary N) is 2. The summed E-state index contributed by atoms with van der Waals surface area (Å²) in [6.45, 7) is 2.99. The van der Waals surface area contributed by atoms with E-state index in [2.05, 4.69) is 44.8 Å². The SMILES string of the molecule is Brc1cccc2nc(C3CNCCN3)ccc12. The summed E-state index contributed by atoms with van der Waals surface area (Å²) in [6, 6.07) is 10.7. The highest BCUT2D eigenvalue weighted by atomic mass is 79.9. The standard InChI is InChI=1S/C13H14BrN3/c14-10-2-1-3-11-9(10)4-5-12(17-11)13-8-15-6-7-16-13/h1-5,13,15-16H,6-8H2. The van der Waals surface area contributed by atoms with Crippen LogP contribution in [0.25, 0.3) is 10.9 Å². The normalized spacial score (nSPS) is 20.6. The van der Waals surface area contributed by atoms with Crippen LogP contribution in [-0.4, -0.2) is 24.6 Å². The Kier molecular flexibility index (Phi) is 3.09. The van der Waals surface area contributed by atoms with Crippen molar-refractivity contribution in [2.45, 2.75) is 6.04 Å². The van der Waals surface area contributed by atoms with Crippen LogP contribution in [0.3, 0.4) is 0 Å². The first-order valence-electron chi connectivity index (χ1n) is 5.84. The van der Waals surface area contributed by atoms with Crippen LogP contribution in [-0.2, 0) is 0 Å². The van der Waals surface area contributed by atoms with Crippen molar-refractivity contribution in [3.05, 3.63) is 40.5 Å². The van der Waals surface area contributed by atoms with E-state index >= 15 is 0 Å². The zero-order chi connectivity index (χ0) is 11.7. The zero-order valence-electron chi connectivity index (χ0n) is 9.41. The van der Waals surface area contributed by atoms with Gasteiger partial charge in [0.05, 0.1) is 17.3 Å². The highest BCUT2D eigenvalue weighted by molar-refractivity contribution is 9.10. The number of hydrogen-bond acceptors (Lipinski definition) is 3. The molecule has 3 rings (SSSR count). The van der Waals surface area contributed by atoms with Crippen LogP contribution in [0.15, 0.2) is 34.8 Å². The van der Waals surface area contributed by atoms with Gasteiger partial charge in [0.2, 0.25) is 0 Å². The van der Waals surface area contributed by atoms with Gasteiger partial charge < -0.3 is 10.6 Å². The summed E-state index contributed by atoms with van der Waals surface area (Å²) in [5, 5.41) is 8.03. The summed E-state index contributed by atoms with van der Waals surface area (Å²) in [7, 11) is 0. The molecule has 88 valence electrons. The van der Waals surface area contributed by atoms with Gasteiger partial charge in [0, 0.05) is 29.5 Å². The largest absolute Gasteiger partial charge is 0.314 e. The van der Waals surface area contributed by atoms with Gasteiger partial charge in [0.25, 0.3) is 0 Å². The molecule has 1 fully saturated rings. The van der Waals surface area contributed by atoms with Crippen molar-refractivity contribution < 1.29 is 0 Å². The van der Waals surface area contributed by atoms with Gasteiger partial charge in [-0.25, -0.2) is 0 Å². The van der Waals surface area contributed by atoms with E-state index in [0.717, 1.165) is 35.3 Å². The van der Waals surface area contributed by atoms with Gasteiger partial charge in [0.1, 0.15) is 0 Å². The van der Waals surface area contributed by atoms with Crippen LogP contribution >= 0.6 is 15.9 Å². The van der Waals surface area contributed by atoms with Crippen molar-refractivity contribution in [2.24, 2.45) is 0 Å². The fraction of sp³-hybridized carbons (Fsp3) is 0.308. The molecule has 0 bridgehead atoms. The molecule has 1 aliphatic heterocycles. The molecule has 3 nitrogen and oxygen atoms in total. The van der Waals surface area contributed by atoms with Crippen molar-refractivity contribution in [2.75, 3.05) is 19.6 Å². The fourth-order valence-electron chi connectivity index (χ4n) is 2.19. The average molecular weight is 292 g/mol. The van der Waals surface area contributed by atoms with Gasteiger partial charge in [-0.1, -0.05) is 22.0 Å². The lowest BCUT2D eigenvalue weighted by molar-refractivity contribution is 0.424. The molecule has 0 aliphatic carbocycles. The predicted octanol–water partition coefficient (Wildman–Crippen LogP) is 2.23. The smallest absolute Gasteiger partial charge is 0.0717 e. The minimum atomic E-state index is 0.326. The minimum absolute atomic E-state index is 0.326. The summed E-state index contributed by atoms with van der Waals surface area (Å²) >= 11 is 3.55. The molecular weight excluding hydrogens is 278 g/mol. The molecule has 0 radical (unpaired) electrons. The molecule has 1 aromatic heterocycles. The van der Waals surface area contributed by atoms with E-state index in [9.17, 15) is 0 Å². The third-order valence-electron chi connectivity index (χ3n) is 3.10. The van der Waals surface area contributed by atoms with Gasteiger partial charge >= 0.3 is 0 Å². The molecule has 1 atom stereocenters. The maximum Gasteiger partial charge on any atom is 0.0717 e. The van der Waals surface area contributed by atoms with Gasteiger partial charge in [0.15, 0.2) is 0 Å². The number of fused-ring (bicyclic) bond motifs is 1. The van der Waals surface area contributed by atoms with Crippen molar-refractivity contribution in [3.63, 3.8) is 0 Å². The van der Waals surface area contributed by atoms with E-state index in [1.807, 2.05) is 12.1 Å². The van der Waals surface area contributed by atoms with Crippen LogP contribution in [0.4, 0.5) is 0 Å². The Labute approximate surface area is 109 Å². The molecule has 0 spiro atoms. The maximum absolute atomic E-state index is 4.73. The Balaban J connectivity index is 2.01. The zero-order valence-corrected chi connectivity index (χ0v) is 11.0. The van der Waals surface area contributed by atoms with Gasteiger partial charge in [-0.05, 0) is 24.3 Å². The average Bonchev–Trinajstić information content (AvgIpc) is 2.40. The highest BCUT2D eigenvalue weighted by Gasteiger charge is 2.15. The molecule has 4 heteroatoms. The first-order chi connectivity index (χ1) is 8.34. The summed E-state index contributed by atoms with van der Waals surface area (Å²) in [4.78, 5) is 4.73. The van der Waals surface area contributed by atoms with E-state index in [1.165, 1.54) is 5.39 Å². The predicted molar refractivity (Wildman–Crippen MR) is 73.1 cm³/mol. The second-order valence-corrected chi connectivity index (χ2v) is 5.11. The molecule has 2 heterocycles. The fourth-order valence-corrected chi connectivity index (χ4v) is 2.68. The second-order valence-electron chi connectivity index (χ2n) is 4.25. The molecule has 0 amide bonds. The monoisotopic (exact) mass is 291 g/mol. The van der Waals surface area contributed by atoms with E-state index in [0.29, 0.717) is 6.04 Å². The number of pyridine rings is 1. The molecule has 1 aromatic carbocycles. The van der Waals surface area contributed by atoms with Crippen molar-refractivity contribution in [3.8, 4) is 0 Å². The first kappa shape index (κ1) is 11.1. The van der Waals surface area contributed by atoms with Gasteiger partial charge in [-0.15, -0.1) is 0 Å². The molecule has 17 heavy (non-hydrogen) atoms. The van der Waals surface area contributed by atoms with E-state index in [1.54, 1.807) is 0 Å². The highest BCUT2D eigenvalue weighted by Crippen LogP contribution is 2.24. The van der Waals surface area contributed by atoms with Crippen LogP contribution in [0, 0.1) is 0 Å². The summed E-state index contributed by atoms with van der Waals surface area (Å²) in [5.41, 5.74) is 2.16. The van der Waals surface area contributed by atoms with Crippen LogP contribution in [0.5, 0.6) is 0 Å². The number of benzene rings is 1. The molecular formula is C13H14BrN3. The van der Waals surface area contributed by atoms with Crippen molar-refractivity contribution >= 4 is 26.8 Å². The van der Waals surface area contributed by atoms with E-state index in [-0.39, 0.29) is 0 Å². The lowest BCUT2D eigenvalue weighted by Crippen LogP contribution is -2.42. The Morgan fingerprint density at radius 1 is 1.18 bits per heavy atom. The number of hydrogen-bond donors (Lipinski definition) is 2. The topological polar surface area (TPSA) is 37.0 Å². The lowest BCUT2D eigenvalue weighted by atomic mass is 10.1. The lowest BCUT2D eigenvalue weighted by Gasteiger charge is -2.24. The van der Waals surface area contributed by atoms with Crippen molar-refractivity contribution in [1.29, 1.82) is 0 Å². The first-order valence-corrected chi connectivity index (χ1v) is 6.63. The summed E-state index contributed by atoms with van der Waals surface area (Å²) < 4.78 is 1.10. The quantitative estimate of drug-likeness (QED) is 0.846. The molecule has 2 aromatic rings. The second kappa shape index (κ2) is 4.72.